The van der Waals surface area contributed by atoms with Gasteiger partial charge in [0, 0.05) is 19.6 Å². The van der Waals surface area contributed by atoms with E-state index in [4.69, 9.17) is 4.74 Å². The number of nitrogens with zero attached hydrogens (tertiary/aromatic N) is 1. The summed E-state index contributed by atoms with van der Waals surface area (Å²) < 4.78 is 59.2. The van der Waals surface area contributed by atoms with Crippen LogP contribution in [0.1, 0.15) is 11.6 Å². The first-order valence-corrected chi connectivity index (χ1v) is 7.83. The van der Waals surface area contributed by atoms with Crippen LogP contribution in [0.4, 0.5) is 17.6 Å². The Bertz CT molecular complexity index is 563. The molecule has 1 N–H and O–H groups in total. The van der Waals surface area contributed by atoms with Crippen molar-refractivity contribution in [2.24, 2.45) is 0 Å². The van der Waals surface area contributed by atoms with Crippen LogP contribution < -0.4 is 5.32 Å². The van der Waals surface area contributed by atoms with E-state index in [0.717, 1.165) is 0 Å². The van der Waals surface area contributed by atoms with Crippen LogP contribution in [0.25, 0.3) is 0 Å². The van der Waals surface area contributed by atoms with Crippen molar-refractivity contribution in [3.05, 3.63) is 35.6 Å². The normalized spacial score (nSPS) is 17.3. The molecular weight excluding hydrogens is 344 g/mol. The molecule has 0 radical (unpaired) electrons. The Hall–Kier alpha value is -1.71. The fourth-order valence-corrected chi connectivity index (χ4v) is 2.58. The van der Waals surface area contributed by atoms with Crippen LogP contribution in [0, 0.1) is 5.82 Å². The van der Waals surface area contributed by atoms with Gasteiger partial charge in [0.25, 0.3) is 0 Å². The number of rotatable bonds is 7. The number of hydrogen-bond acceptors (Lipinski definition) is 4. The number of amides is 1. The molecule has 1 atom stereocenters. The van der Waals surface area contributed by atoms with Gasteiger partial charge in [-0.3, -0.25) is 9.69 Å². The van der Waals surface area contributed by atoms with E-state index in [1.165, 1.54) is 12.1 Å². The number of halogens is 4. The van der Waals surface area contributed by atoms with Crippen LogP contribution in [0.15, 0.2) is 24.3 Å². The second-order valence-electron chi connectivity index (χ2n) is 5.63. The summed E-state index contributed by atoms with van der Waals surface area (Å²) in [4.78, 5) is 13.7. The van der Waals surface area contributed by atoms with Gasteiger partial charge in [0.05, 0.1) is 19.3 Å². The number of morpholine rings is 1. The SMILES string of the molecule is O=C(COCC(F)(F)F)NCC(c1cccc(F)c1)N1CCOCC1. The fraction of sp³-hybridized carbons (Fsp3) is 0.562. The lowest BCUT2D eigenvalue weighted by atomic mass is 10.0. The molecule has 1 aromatic rings. The molecule has 140 valence electrons. The molecule has 2 rings (SSSR count). The molecule has 9 heteroatoms. The first kappa shape index (κ1) is 19.6. The van der Waals surface area contributed by atoms with Crippen LogP contribution in [-0.4, -0.2) is 63.0 Å². The summed E-state index contributed by atoms with van der Waals surface area (Å²) in [6.07, 6.45) is -4.47. The van der Waals surface area contributed by atoms with Crippen LogP contribution in [0.5, 0.6) is 0 Å². The molecule has 0 spiro atoms. The lowest BCUT2D eigenvalue weighted by Gasteiger charge is -2.35. The molecule has 0 aliphatic carbocycles. The molecule has 1 unspecified atom stereocenters. The van der Waals surface area contributed by atoms with Gasteiger partial charge in [-0.15, -0.1) is 0 Å². The second kappa shape index (κ2) is 9.12. The summed E-state index contributed by atoms with van der Waals surface area (Å²) in [7, 11) is 0. The molecule has 1 aromatic carbocycles. The number of alkyl halides is 3. The predicted molar refractivity (Wildman–Crippen MR) is 81.4 cm³/mol. The van der Waals surface area contributed by atoms with Crippen LogP contribution in [0.3, 0.4) is 0 Å². The summed E-state index contributed by atoms with van der Waals surface area (Å²) in [6, 6.07) is 5.73. The van der Waals surface area contributed by atoms with Crippen molar-refractivity contribution in [1.29, 1.82) is 0 Å². The Kier molecular flexibility index (Phi) is 7.15. The summed E-state index contributed by atoms with van der Waals surface area (Å²) >= 11 is 0. The number of nitrogens with one attached hydrogen (secondary N) is 1. The summed E-state index contributed by atoms with van der Waals surface area (Å²) in [5.41, 5.74) is 0.679. The molecule has 25 heavy (non-hydrogen) atoms. The van der Waals surface area contributed by atoms with Crippen molar-refractivity contribution >= 4 is 5.91 Å². The zero-order chi connectivity index (χ0) is 18.3. The van der Waals surface area contributed by atoms with Crippen LogP contribution in [-0.2, 0) is 14.3 Å². The van der Waals surface area contributed by atoms with E-state index in [2.05, 4.69) is 10.1 Å². The Morgan fingerprint density at radius 2 is 2.04 bits per heavy atom. The van der Waals surface area contributed by atoms with Gasteiger partial charge < -0.3 is 14.8 Å². The van der Waals surface area contributed by atoms with E-state index in [1.807, 2.05) is 4.90 Å². The van der Waals surface area contributed by atoms with E-state index in [9.17, 15) is 22.4 Å². The smallest absolute Gasteiger partial charge is 0.379 e. The van der Waals surface area contributed by atoms with Gasteiger partial charge in [0.15, 0.2) is 0 Å². The average Bonchev–Trinajstić information content (AvgIpc) is 2.55. The molecule has 5 nitrogen and oxygen atoms in total. The third kappa shape index (κ3) is 6.97. The minimum Gasteiger partial charge on any atom is -0.379 e. The summed E-state index contributed by atoms with van der Waals surface area (Å²) in [5.74, 6) is -1.05. The number of benzene rings is 1. The van der Waals surface area contributed by atoms with Gasteiger partial charge >= 0.3 is 6.18 Å². The zero-order valence-corrected chi connectivity index (χ0v) is 13.5. The highest BCUT2D eigenvalue weighted by Gasteiger charge is 2.28. The van der Waals surface area contributed by atoms with Gasteiger partial charge in [-0.2, -0.15) is 13.2 Å². The van der Waals surface area contributed by atoms with Crippen molar-refractivity contribution in [1.82, 2.24) is 10.2 Å². The van der Waals surface area contributed by atoms with Crippen molar-refractivity contribution in [3.8, 4) is 0 Å². The van der Waals surface area contributed by atoms with Crippen LogP contribution in [0.2, 0.25) is 0 Å². The van der Waals surface area contributed by atoms with E-state index in [1.54, 1.807) is 12.1 Å². The maximum atomic E-state index is 13.5. The largest absolute Gasteiger partial charge is 0.411 e. The lowest BCUT2D eigenvalue weighted by Crippen LogP contribution is -2.44. The summed E-state index contributed by atoms with van der Waals surface area (Å²) in [5, 5.41) is 2.55. The molecular formula is C16H20F4N2O3. The van der Waals surface area contributed by atoms with E-state index in [-0.39, 0.29) is 12.6 Å². The highest BCUT2D eigenvalue weighted by molar-refractivity contribution is 5.77. The highest BCUT2D eigenvalue weighted by Crippen LogP contribution is 2.22. The van der Waals surface area contributed by atoms with E-state index < -0.39 is 31.1 Å². The van der Waals surface area contributed by atoms with Crippen molar-refractivity contribution < 1.29 is 31.8 Å². The first-order chi connectivity index (χ1) is 11.8. The van der Waals surface area contributed by atoms with Crippen LogP contribution >= 0.6 is 0 Å². The van der Waals surface area contributed by atoms with E-state index in [0.29, 0.717) is 31.9 Å². The van der Waals surface area contributed by atoms with Crippen molar-refractivity contribution in [3.63, 3.8) is 0 Å². The second-order valence-corrected chi connectivity index (χ2v) is 5.63. The molecule has 0 saturated carbocycles. The number of carbonyl (C=O) groups excluding carboxylic acids is 1. The maximum absolute atomic E-state index is 13.5. The molecule has 1 aliphatic heterocycles. The predicted octanol–water partition coefficient (Wildman–Crippen LogP) is 1.89. The molecule has 1 fully saturated rings. The Morgan fingerprint density at radius 1 is 1.32 bits per heavy atom. The molecule has 1 saturated heterocycles. The molecule has 1 amide bonds. The molecule has 0 aromatic heterocycles. The van der Waals surface area contributed by atoms with Gasteiger partial charge in [0.2, 0.25) is 5.91 Å². The number of ether oxygens (including phenoxy) is 2. The maximum Gasteiger partial charge on any atom is 0.411 e. The first-order valence-electron chi connectivity index (χ1n) is 7.83. The quantitative estimate of drug-likeness (QED) is 0.751. The van der Waals surface area contributed by atoms with Gasteiger partial charge in [-0.05, 0) is 17.7 Å². The fourth-order valence-electron chi connectivity index (χ4n) is 2.58. The Balaban J connectivity index is 1.93. The standard InChI is InChI=1S/C16H20F4N2O3/c17-13-3-1-2-12(8-13)14(22-4-6-24-7-5-22)9-21-15(23)10-25-11-16(18,19)20/h1-3,8,14H,4-7,9-11H2,(H,21,23). The number of hydrogen-bond donors (Lipinski definition) is 1. The average molecular weight is 364 g/mol. The zero-order valence-electron chi connectivity index (χ0n) is 13.5. The van der Waals surface area contributed by atoms with Gasteiger partial charge in [-0.25, -0.2) is 4.39 Å². The molecule has 1 aliphatic rings. The Labute approximate surface area is 142 Å². The third-order valence-electron chi connectivity index (χ3n) is 3.71. The van der Waals surface area contributed by atoms with E-state index >= 15 is 0 Å². The van der Waals surface area contributed by atoms with Crippen molar-refractivity contribution in [2.75, 3.05) is 46.1 Å². The molecule has 0 bridgehead atoms. The van der Waals surface area contributed by atoms with Gasteiger partial charge in [-0.1, -0.05) is 12.1 Å². The number of carbonyl (C=O) groups is 1. The minimum absolute atomic E-state index is 0.137. The topological polar surface area (TPSA) is 50.8 Å². The summed E-state index contributed by atoms with van der Waals surface area (Å²) in [6.45, 7) is 0.250. The minimum atomic E-state index is -4.47. The third-order valence-corrected chi connectivity index (χ3v) is 3.71. The van der Waals surface area contributed by atoms with Crippen molar-refractivity contribution in [2.45, 2.75) is 12.2 Å². The molecule has 1 heterocycles. The Morgan fingerprint density at radius 3 is 2.68 bits per heavy atom. The lowest BCUT2D eigenvalue weighted by molar-refractivity contribution is -0.175. The highest BCUT2D eigenvalue weighted by atomic mass is 19.4. The monoisotopic (exact) mass is 364 g/mol. The van der Waals surface area contributed by atoms with Gasteiger partial charge in [0.1, 0.15) is 19.0 Å².